The first kappa shape index (κ1) is 24.6. The van der Waals surface area contributed by atoms with Gasteiger partial charge in [-0.05, 0) is 48.4 Å². The molecule has 0 bridgehead atoms. The zero-order valence-electron chi connectivity index (χ0n) is 19.2. The predicted molar refractivity (Wildman–Crippen MR) is 128 cm³/mol. The molecule has 0 radical (unpaired) electrons. The highest BCUT2D eigenvalue weighted by atomic mass is 31.2. The van der Waals surface area contributed by atoms with E-state index in [-0.39, 0.29) is 11.4 Å². The number of para-hydroxylation sites is 1. The summed E-state index contributed by atoms with van der Waals surface area (Å²) in [6.07, 6.45) is 0.646. The summed E-state index contributed by atoms with van der Waals surface area (Å²) >= 11 is 0. The van der Waals surface area contributed by atoms with Crippen LogP contribution >= 0.6 is 7.60 Å². The van der Waals surface area contributed by atoms with Crippen LogP contribution in [0.5, 0.6) is 11.5 Å². The van der Waals surface area contributed by atoms with E-state index in [1.807, 2.05) is 18.2 Å². The van der Waals surface area contributed by atoms with Gasteiger partial charge in [-0.2, -0.15) is 8.78 Å². The summed E-state index contributed by atoms with van der Waals surface area (Å²) < 4.78 is 67.2. The number of alkyl halides is 2. The van der Waals surface area contributed by atoms with Crippen molar-refractivity contribution in [3.8, 4) is 11.5 Å². The molecule has 4 aromatic rings. The van der Waals surface area contributed by atoms with Crippen molar-refractivity contribution >= 4 is 18.5 Å². The molecule has 2 N–H and O–H groups in total. The summed E-state index contributed by atoms with van der Waals surface area (Å²) in [6.45, 7) is 2.68. The molecule has 3 aromatic carbocycles. The Hall–Kier alpha value is -3.10. The molecule has 0 fully saturated rings. The largest absolute Gasteiger partial charge is 0.455 e. The first-order valence-electron chi connectivity index (χ1n) is 11.2. The molecule has 0 spiro atoms. The molecular formula is C26H23F3NO5P. The quantitative estimate of drug-likeness (QED) is 0.297. The lowest BCUT2D eigenvalue weighted by Gasteiger charge is -2.21. The van der Waals surface area contributed by atoms with Crippen LogP contribution in [-0.2, 0) is 34.5 Å². The van der Waals surface area contributed by atoms with Crippen LogP contribution in [0.3, 0.4) is 0 Å². The second kappa shape index (κ2) is 9.09. The summed E-state index contributed by atoms with van der Waals surface area (Å²) in [5.41, 5.74) is -1.37. The van der Waals surface area contributed by atoms with Crippen LogP contribution < -0.4 is 4.74 Å². The number of fused-ring (bicyclic) bond motifs is 3. The average Bonchev–Trinajstić information content (AvgIpc) is 3.14. The van der Waals surface area contributed by atoms with Crippen LogP contribution in [0.25, 0.3) is 10.9 Å². The van der Waals surface area contributed by atoms with E-state index in [1.54, 1.807) is 0 Å². The van der Waals surface area contributed by atoms with Crippen molar-refractivity contribution in [2.75, 3.05) is 6.61 Å². The van der Waals surface area contributed by atoms with E-state index in [0.29, 0.717) is 43.2 Å². The van der Waals surface area contributed by atoms with Gasteiger partial charge >= 0.3 is 13.3 Å². The number of halogens is 3. The third-order valence-electron chi connectivity index (χ3n) is 6.36. The number of hydrogen-bond donors (Lipinski definition) is 2. The molecule has 0 saturated carbocycles. The van der Waals surface area contributed by atoms with Crippen molar-refractivity contribution in [1.82, 2.24) is 4.57 Å². The molecule has 0 amide bonds. The summed E-state index contributed by atoms with van der Waals surface area (Å²) in [7, 11) is -5.67. The van der Waals surface area contributed by atoms with Crippen molar-refractivity contribution in [1.29, 1.82) is 0 Å². The van der Waals surface area contributed by atoms with Crippen LogP contribution in [0.15, 0.2) is 60.7 Å². The lowest BCUT2D eigenvalue weighted by Crippen LogP contribution is -2.16. The van der Waals surface area contributed by atoms with Crippen molar-refractivity contribution < 1.29 is 37.0 Å². The number of aromatic nitrogens is 1. The van der Waals surface area contributed by atoms with Gasteiger partial charge < -0.3 is 23.8 Å². The normalized spacial score (nSPS) is 14.2. The Balaban J connectivity index is 1.59. The molecule has 1 aromatic heterocycles. The van der Waals surface area contributed by atoms with Crippen molar-refractivity contribution in [3.05, 3.63) is 94.4 Å². The van der Waals surface area contributed by atoms with E-state index < -0.39 is 18.8 Å². The molecule has 0 atom stereocenters. The van der Waals surface area contributed by atoms with Gasteiger partial charge in [0, 0.05) is 35.2 Å². The van der Waals surface area contributed by atoms with Crippen LogP contribution in [0.1, 0.15) is 27.9 Å². The highest BCUT2D eigenvalue weighted by molar-refractivity contribution is 7.52. The van der Waals surface area contributed by atoms with E-state index in [4.69, 9.17) is 19.3 Å². The smallest absolute Gasteiger partial charge is 0.399 e. The monoisotopic (exact) mass is 517 g/mol. The fourth-order valence-corrected chi connectivity index (χ4v) is 5.24. The van der Waals surface area contributed by atoms with E-state index in [1.165, 1.54) is 43.3 Å². The Morgan fingerprint density at radius 3 is 2.56 bits per heavy atom. The number of rotatable bonds is 6. The molecule has 36 heavy (non-hydrogen) atoms. The minimum absolute atomic E-state index is 0.0808. The molecule has 6 nitrogen and oxygen atoms in total. The number of nitrogens with zero attached hydrogens (tertiary/aromatic N) is 1. The van der Waals surface area contributed by atoms with Gasteiger partial charge in [0.25, 0.3) is 0 Å². The Morgan fingerprint density at radius 1 is 1.11 bits per heavy atom. The first-order valence-corrected chi connectivity index (χ1v) is 12.8. The molecule has 0 unspecified atom stereocenters. The molecule has 0 aliphatic carbocycles. The summed E-state index contributed by atoms with van der Waals surface area (Å²) in [5.74, 6) is 0.639. The third kappa shape index (κ3) is 4.33. The number of aryl methyl sites for hydroxylation is 1. The number of ether oxygens (including phenoxy) is 2. The van der Waals surface area contributed by atoms with Gasteiger partial charge in [0.15, 0.2) is 5.75 Å². The Bertz CT molecular complexity index is 1490. The van der Waals surface area contributed by atoms with Gasteiger partial charge in [0.05, 0.1) is 18.7 Å². The SMILES string of the molecule is Cc1cc(Cn2c3c(c4cccc(Oc5ccc(F)cc5)c42)COCC3)ccc1C(F)(F)P(=O)(O)O. The highest BCUT2D eigenvalue weighted by Crippen LogP contribution is 2.59. The summed E-state index contributed by atoms with van der Waals surface area (Å²) in [4.78, 5) is 18.3. The van der Waals surface area contributed by atoms with Gasteiger partial charge in [-0.3, -0.25) is 4.57 Å². The Kier molecular flexibility index (Phi) is 6.21. The summed E-state index contributed by atoms with van der Waals surface area (Å²) in [5, 5.41) is 0.936. The third-order valence-corrected chi connectivity index (χ3v) is 7.33. The van der Waals surface area contributed by atoms with Crippen LogP contribution in [0, 0.1) is 12.7 Å². The van der Waals surface area contributed by atoms with Gasteiger partial charge in [-0.1, -0.05) is 30.3 Å². The van der Waals surface area contributed by atoms with Crippen LogP contribution in [-0.4, -0.2) is 21.0 Å². The average molecular weight is 517 g/mol. The van der Waals surface area contributed by atoms with Gasteiger partial charge in [-0.15, -0.1) is 0 Å². The van der Waals surface area contributed by atoms with Crippen LogP contribution in [0.2, 0.25) is 0 Å². The predicted octanol–water partition coefficient (Wildman–Crippen LogP) is 6.23. The molecule has 1 aliphatic rings. The Morgan fingerprint density at radius 2 is 1.86 bits per heavy atom. The second-order valence-corrected chi connectivity index (χ2v) is 10.4. The van der Waals surface area contributed by atoms with E-state index in [2.05, 4.69) is 4.57 Å². The second-order valence-electron chi connectivity index (χ2n) is 8.76. The minimum Gasteiger partial charge on any atom is -0.455 e. The first-order chi connectivity index (χ1) is 17.1. The zero-order chi connectivity index (χ0) is 25.7. The van der Waals surface area contributed by atoms with Crippen molar-refractivity contribution in [3.63, 3.8) is 0 Å². The Labute approximate surface area is 205 Å². The van der Waals surface area contributed by atoms with Gasteiger partial charge in [-0.25, -0.2) is 4.39 Å². The van der Waals surface area contributed by atoms with Crippen molar-refractivity contribution in [2.45, 2.75) is 32.2 Å². The molecule has 5 rings (SSSR count). The van der Waals surface area contributed by atoms with Gasteiger partial charge in [0.2, 0.25) is 0 Å². The molecular weight excluding hydrogens is 494 g/mol. The number of hydrogen-bond acceptors (Lipinski definition) is 3. The molecule has 1 aliphatic heterocycles. The molecule has 10 heteroatoms. The maximum atomic E-state index is 14.3. The van der Waals surface area contributed by atoms with E-state index in [9.17, 15) is 17.7 Å². The number of benzene rings is 3. The summed E-state index contributed by atoms with van der Waals surface area (Å²) in [6, 6.07) is 15.4. The topological polar surface area (TPSA) is 80.9 Å². The maximum Gasteiger partial charge on any atom is 0.399 e. The minimum atomic E-state index is -5.67. The van der Waals surface area contributed by atoms with Crippen LogP contribution in [0.4, 0.5) is 13.2 Å². The standard InChI is InChI=1S/C26H23F3NO5P/c1-16-13-17(5-10-22(16)26(28,29)36(31,32)33)14-30-23-11-12-34-15-21(23)20-3-2-4-24(25(20)30)35-19-8-6-18(27)7-9-19/h2-10,13H,11-12,14-15H2,1H3,(H2,31,32,33). The fraction of sp³-hybridized carbons (Fsp3) is 0.231. The lowest BCUT2D eigenvalue weighted by atomic mass is 10.0. The molecule has 0 saturated heterocycles. The fourth-order valence-electron chi connectivity index (χ4n) is 4.68. The van der Waals surface area contributed by atoms with E-state index in [0.717, 1.165) is 28.2 Å². The highest BCUT2D eigenvalue weighted by Gasteiger charge is 2.51. The zero-order valence-corrected chi connectivity index (χ0v) is 20.1. The lowest BCUT2D eigenvalue weighted by molar-refractivity contribution is 0.0558. The molecule has 188 valence electrons. The van der Waals surface area contributed by atoms with E-state index >= 15 is 0 Å². The maximum absolute atomic E-state index is 14.3. The molecule has 2 heterocycles. The van der Waals surface area contributed by atoms with Gasteiger partial charge in [0.1, 0.15) is 11.6 Å². The van der Waals surface area contributed by atoms with Crippen molar-refractivity contribution in [2.24, 2.45) is 0 Å².